The van der Waals surface area contributed by atoms with E-state index < -0.39 is 27.4 Å². The maximum Gasteiger partial charge on any atom is 0.255 e. The van der Waals surface area contributed by atoms with E-state index in [-0.39, 0.29) is 18.7 Å². The van der Waals surface area contributed by atoms with Crippen LogP contribution < -0.4 is 10.0 Å². The number of carbonyl (C=O) groups is 1. The third-order valence-electron chi connectivity index (χ3n) is 2.03. The van der Waals surface area contributed by atoms with Crippen LogP contribution in [0.4, 0.5) is 0 Å². The van der Waals surface area contributed by atoms with Gasteiger partial charge in [0.25, 0.3) is 5.91 Å². The summed E-state index contributed by atoms with van der Waals surface area (Å²) in [5.74, 6) is -1.50. The molecule has 100 valence electrons. The maximum atomic E-state index is 11.6. The molecule has 1 aromatic carbocycles. The average Bonchev–Trinajstić information content (AvgIpc) is 2.26. The molecule has 1 rings (SSSR count). The number of aromatic hydroxyl groups is 2. The number of amides is 1. The largest absolute Gasteiger partial charge is 0.504 e. The first-order valence-electron chi connectivity index (χ1n) is 5.05. The molecule has 0 heterocycles. The van der Waals surface area contributed by atoms with E-state index >= 15 is 0 Å². The Morgan fingerprint density at radius 2 is 1.94 bits per heavy atom. The lowest BCUT2D eigenvalue weighted by Gasteiger charge is -2.07. The van der Waals surface area contributed by atoms with Gasteiger partial charge < -0.3 is 15.5 Å². The number of phenols is 2. The van der Waals surface area contributed by atoms with Crippen molar-refractivity contribution in [3.8, 4) is 11.5 Å². The summed E-state index contributed by atoms with van der Waals surface area (Å²) in [7, 11) is -3.29. The quantitative estimate of drug-likeness (QED) is 0.422. The summed E-state index contributed by atoms with van der Waals surface area (Å²) in [6.45, 7) is 0.116. The third-order valence-corrected chi connectivity index (χ3v) is 2.76. The number of benzene rings is 1. The molecule has 0 saturated carbocycles. The first-order chi connectivity index (χ1) is 8.31. The third kappa shape index (κ3) is 4.22. The van der Waals surface area contributed by atoms with E-state index in [1.165, 1.54) is 18.2 Å². The van der Waals surface area contributed by atoms with Crippen molar-refractivity contribution in [2.75, 3.05) is 19.3 Å². The van der Waals surface area contributed by atoms with E-state index in [1.54, 1.807) is 0 Å². The minimum absolute atomic E-state index is 0.0458. The summed E-state index contributed by atoms with van der Waals surface area (Å²) < 4.78 is 23.7. The molecule has 0 aliphatic heterocycles. The topological polar surface area (TPSA) is 116 Å². The van der Waals surface area contributed by atoms with Gasteiger partial charge in [-0.1, -0.05) is 6.07 Å². The Bertz CT molecular complexity index is 541. The van der Waals surface area contributed by atoms with Crippen molar-refractivity contribution < 1.29 is 23.4 Å². The Labute approximate surface area is 105 Å². The second-order valence-electron chi connectivity index (χ2n) is 3.60. The van der Waals surface area contributed by atoms with Crippen molar-refractivity contribution in [3.63, 3.8) is 0 Å². The highest BCUT2D eigenvalue weighted by Gasteiger charge is 2.13. The van der Waals surface area contributed by atoms with Gasteiger partial charge in [-0.25, -0.2) is 13.1 Å². The van der Waals surface area contributed by atoms with Crippen molar-refractivity contribution in [1.82, 2.24) is 10.0 Å². The predicted molar refractivity (Wildman–Crippen MR) is 65.0 cm³/mol. The van der Waals surface area contributed by atoms with Gasteiger partial charge in [-0.05, 0) is 12.1 Å². The molecule has 0 bridgehead atoms. The van der Waals surface area contributed by atoms with Crippen molar-refractivity contribution in [2.45, 2.75) is 0 Å². The molecule has 1 aromatic rings. The van der Waals surface area contributed by atoms with E-state index in [2.05, 4.69) is 10.0 Å². The van der Waals surface area contributed by atoms with Crippen molar-refractivity contribution in [1.29, 1.82) is 0 Å². The Balaban J connectivity index is 2.54. The molecule has 1 amide bonds. The normalized spacial score (nSPS) is 11.2. The lowest BCUT2D eigenvalue weighted by atomic mass is 10.1. The number of hydrogen-bond acceptors (Lipinski definition) is 5. The zero-order valence-corrected chi connectivity index (χ0v) is 10.5. The number of hydrogen-bond donors (Lipinski definition) is 4. The molecule has 0 fully saturated rings. The Morgan fingerprint density at radius 1 is 1.28 bits per heavy atom. The van der Waals surface area contributed by atoms with Gasteiger partial charge in [0.15, 0.2) is 11.5 Å². The zero-order valence-electron chi connectivity index (χ0n) is 9.67. The first kappa shape index (κ1) is 14.3. The Morgan fingerprint density at radius 3 is 2.56 bits per heavy atom. The summed E-state index contributed by atoms with van der Waals surface area (Å²) in [6.07, 6.45) is 1.01. The molecule has 0 atom stereocenters. The summed E-state index contributed by atoms with van der Waals surface area (Å²) in [5, 5.41) is 21.0. The van der Waals surface area contributed by atoms with Crippen LogP contribution in [0.1, 0.15) is 10.4 Å². The second kappa shape index (κ2) is 5.69. The highest BCUT2D eigenvalue weighted by molar-refractivity contribution is 7.88. The summed E-state index contributed by atoms with van der Waals surface area (Å²) >= 11 is 0. The van der Waals surface area contributed by atoms with Gasteiger partial charge in [-0.3, -0.25) is 4.79 Å². The van der Waals surface area contributed by atoms with E-state index in [0.29, 0.717) is 0 Å². The highest BCUT2D eigenvalue weighted by Crippen LogP contribution is 2.27. The van der Waals surface area contributed by atoms with Crippen molar-refractivity contribution in [3.05, 3.63) is 23.8 Å². The van der Waals surface area contributed by atoms with E-state index in [4.69, 9.17) is 0 Å². The first-order valence-corrected chi connectivity index (χ1v) is 6.94. The molecule has 7 nitrogen and oxygen atoms in total. The minimum atomic E-state index is -3.29. The average molecular weight is 274 g/mol. The van der Waals surface area contributed by atoms with Crippen LogP contribution in [0.25, 0.3) is 0 Å². The van der Waals surface area contributed by atoms with Crippen LogP contribution in [0.5, 0.6) is 11.5 Å². The molecule has 0 aliphatic rings. The van der Waals surface area contributed by atoms with Gasteiger partial charge in [-0.2, -0.15) is 0 Å². The summed E-state index contributed by atoms with van der Waals surface area (Å²) in [4.78, 5) is 11.6. The summed E-state index contributed by atoms with van der Waals surface area (Å²) in [5.41, 5.74) is -0.0747. The predicted octanol–water partition coefficient (Wildman–Crippen LogP) is -0.623. The fourth-order valence-corrected chi connectivity index (χ4v) is 1.70. The molecular weight excluding hydrogens is 260 g/mol. The molecule has 0 saturated heterocycles. The minimum Gasteiger partial charge on any atom is -0.504 e. The molecule has 0 unspecified atom stereocenters. The number of rotatable bonds is 5. The van der Waals surface area contributed by atoms with Crippen LogP contribution in [-0.4, -0.2) is 43.9 Å². The molecule has 0 spiro atoms. The van der Waals surface area contributed by atoms with Crippen LogP contribution in [-0.2, 0) is 10.0 Å². The number of carbonyl (C=O) groups excluding carboxylic acids is 1. The van der Waals surface area contributed by atoms with Crippen LogP contribution in [0.3, 0.4) is 0 Å². The molecule has 0 radical (unpaired) electrons. The Hall–Kier alpha value is -1.80. The standard InChI is InChI=1S/C10H14N2O5S/c1-18(16,17)12-6-5-11-10(15)7-3-2-4-8(13)9(7)14/h2-4,12-14H,5-6H2,1H3,(H,11,15). The SMILES string of the molecule is CS(=O)(=O)NCCNC(=O)c1cccc(O)c1O. The lowest BCUT2D eigenvalue weighted by Crippen LogP contribution is -2.34. The van der Waals surface area contributed by atoms with Gasteiger partial charge in [0.2, 0.25) is 10.0 Å². The molecule has 18 heavy (non-hydrogen) atoms. The van der Waals surface area contributed by atoms with Crippen molar-refractivity contribution in [2.24, 2.45) is 0 Å². The zero-order chi connectivity index (χ0) is 13.8. The maximum absolute atomic E-state index is 11.6. The second-order valence-corrected chi connectivity index (χ2v) is 5.43. The smallest absolute Gasteiger partial charge is 0.255 e. The lowest BCUT2D eigenvalue weighted by molar-refractivity contribution is 0.0951. The van der Waals surface area contributed by atoms with E-state index in [9.17, 15) is 23.4 Å². The fraction of sp³-hybridized carbons (Fsp3) is 0.300. The molecule has 0 aromatic heterocycles. The van der Waals surface area contributed by atoms with Crippen LogP contribution in [0.15, 0.2) is 18.2 Å². The van der Waals surface area contributed by atoms with Crippen LogP contribution in [0.2, 0.25) is 0 Å². The van der Waals surface area contributed by atoms with Gasteiger partial charge in [-0.15, -0.1) is 0 Å². The van der Waals surface area contributed by atoms with E-state index in [1.807, 2.05) is 0 Å². The monoisotopic (exact) mass is 274 g/mol. The number of phenolic OH excluding ortho intramolecular Hbond substituents is 2. The molecule has 8 heteroatoms. The summed E-state index contributed by atoms with van der Waals surface area (Å²) in [6, 6.07) is 4.00. The van der Waals surface area contributed by atoms with E-state index in [0.717, 1.165) is 6.26 Å². The number of nitrogens with one attached hydrogen (secondary N) is 2. The highest BCUT2D eigenvalue weighted by atomic mass is 32.2. The van der Waals surface area contributed by atoms with Crippen LogP contribution >= 0.6 is 0 Å². The molecular formula is C10H14N2O5S. The number of sulfonamides is 1. The fourth-order valence-electron chi connectivity index (χ4n) is 1.22. The molecule has 0 aliphatic carbocycles. The van der Waals surface area contributed by atoms with Gasteiger partial charge in [0.1, 0.15) is 0 Å². The van der Waals surface area contributed by atoms with Gasteiger partial charge in [0, 0.05) is 13.1 Å². The Kier molecular flexibility index (Phi) is 4.51. The van der Waals surface area contributed by atoms with Crippen LogP contribution in [0, 0.1) is 0 Å². The van der Waals surface area contributed by atoms with Crippen molar-refractivity contribution >= 4 is 15.9 Å². The molecule has 4 N–H and O–H groups in total. The number of para-hydroxylation sites is 1. The van der Waals surface area contributed by atoms with Gasteiger partial charge in [0.05, 0.1) is 11.8 Å². The van der Waals surface area contributed by atoms with Gasteiger partial charge >= 0.3 is 0 Å².